The topological polar surface area (TPSA) is 69.1 Å². The van der Waals surface area contributed by atoms with Gasteiger partial charge in [-0.1, -0.05) is 0 Å². The number of halogens is 3. The summed E-state index contributed by atoms with van der Waals surface area (Å²) in [5, 5.41) is 25.8. The fourth-order valence-electron chi connectivity index (χ4n) is 2.09. The zero-order valence-electron chi connectivity index (χ0n) is 10.4. The van der Waals surface area contributed by atoms with E-state index in [0.717, 1.165) is 12.1 Å². The van der Waals surface area contributed by atoms with Crippen molar-refractivity contribution < 1.29 is 23.4 Å². The fourth-order valence-corrected chi connectivity index (χ4v) is 2.09. The zero-order chi connectivity index (χ0) is 15.2. The van der Waals surface area contributed by atoms with Gasteiger partial charge in [-0.05, 0) is 36.4 Å². The monoisotopic (exact) mass is 294 g/mol. The molecule has 1 heterocycles. The summed E-state index contributed by atoms with van der Waals surface area (Å²) >= 11 is 0. The lowest BCUT2D eigenvalue weighted by Gasteiger charge is -2.06. The molecule has 21 heavy (non-hydrogen) atoms. The number of aromatic amines is 1. The summed E-state index contributed by atoms with van der Waals surface area (Å²) < 4.78 is 37.9. The highest BCUT2D eigenvalue weighted by Gasteiger charge is 2.30. The molecular weight excluding hydrogens is 285 g/mol. The molecule has 3 aromatic rings. The van der Waals surface area contributed by atoms with Crippen LogP contribution in [0.3, 0.4) is 0 Å². The van der Waals surface area contributed by atoms with Crippen LogP contribution in [0.1, 0.15) is 5.56 Å². The predicted octanol–water partition coefficient (Wildman–Crippen LogP) is 3.66. The molecule has 2 aromatic carbocycles. The summed E-state index contributed by atoms with van der Waals surface area (Å²) in [6.45, 7) is 0. The van der Waals surface area contributed by atoms with E-state index < -0.39 is 11.7 Å². The Hall–Kier alpha value is -2.70. The summed E-state index contributed by atoms with van der Waals surface area (Å²) in [4.78, 5) is 0. The van der Waals surface area contributed by atoms with Gasteiger partial charge in [0.05, 0.1) is 11.1 Å². The molecule has 0 spiro atoms. The number of nitrogens with zero attached hydrogens (tertiary/aromatic N) is 1. The van der Waals surface area contributed by atoms with E-state index in [2.05, 4.69) is 10.2 Å². The van der Waals surface area contributed by atoms with Gasteiger partial charge < -0.3 is 10.2 Å². The Kier molecular flexibility index (Phi) is 2.79. The van der Waals surface area contributed by atoms with Gasteiger partial charge in [0.2, 0.25) is 0 Å². The average Bonchev–Trinajstić information content (AvgIpc) is 2.84. The number of fused-ring (bicyclic) bond motifs is 1. The van der Waals surface area contributed by atoms with Gasteiger partial charge in [-0.2, -0.15) is 18.3 Å². The lowest BCUT2D eigenvalue weighted by atomic mass is 10.1. The van der Waals surface area contributed by atoms with Gasteiger partial charge in [0.25, 0.3) is 0 Å². The number of alkyl halides is 3. The van der Waals surface area contributed by atoms with Gasteiger partial charge in [-0.25, -0.2) is 0 Å². The standard InChI is InChI=1S/C14H9F3N2O2/c15-14(16,17)8-2-3-9-10(6-8)18-19-13(9)7-1-4-11(20)12(21)5-7/h1-6,20-21H,(H,18,19). The summed E-state index contributed by atoms with van der Waals surface area (Å²) in [6, 6.07) is 7.37. The van der Waals surface area contributed by atoms with Crippen molar-refractivity contribution in [3.8, 4) is 22.8 Å². The Balaban J connectivity index is 2.14. The van der Waals surface area contributed by atoms with Gasteiger partial charge in [-0.3, -0.25) is 5.10 Å². The molecule has 0 aliphatic heterocycles. The molecule has 3 rings (SSSR count). The van der Waals surface area contributed by atoms with Crippen LogP contribution in [0.25, 0.3) is 22.2 Å². The van der Waals surface area contributed by atoms with Gasteiger partial charge in [-0.15, -0.1) is 0 Å². The van der Waals surface area contributed by atoms with E-state index in [1.807, 2.05) is 0 Å². The van der Waals surface area contributed by atoms with Gasteiger partial charge in [0, 0.05) is 10.9 Å². The highest BCUT2D eigenvalue weighted by Crippen LogP contribution is 2.35. The van der Waals surface area contributed by atoms with Crippen LogP contribution < -0.4 is 0 Å². The number of nitrogens with one attached hydrogen (secondary N) is 1. The molecule has 0 amide bonds. The van der Waals surface area contributed by atoms with E-state index in [0.29, 0.717) is 16.6 Å². The third kappa shape index (κ3) is 2.26. The van der Waals surface area contributed by atoms with Crippen LogP contribution in [0, 0.1) is 0 Å². The van der Waals surface area contributed by atoms with Crippen LogP contribution in [0.2, 0.25) is 0 Å². The highest BCUT2D eigenvalue weighted by molar-refractivity contribution is 5.93. The quantitative estimate of drug-likeness (QED) is 0.600. The lowest BCUT2D eigenvalue weighted by Crippen LogP contribution is -2.04. The molecule has 0 saturated carbocycles. The normalized spacial score (nSPS) is 12.0. The van der Waals surface area contributed by atoms with Gasteiger partial charge >= 0.3 is 6.18 Å². The van der Waals surface area contributed by atoms with Crippen molar-refractivity contribution in [1.82, 2.24) is 10.2 Å². The molecule has 4 nitrogen and oxygen atoms in total. The number of hydrogen-bond donors (Lipinski definition) is 3. The summed E-state index contributed by atoms with van der Waals surface area (Å²) in [7, 11) is 0. The number of phenolic OH excluding ortho intramolecular Hbond substituents is 2. The first-order valence-corrected chi connectivity index (χ1v) is 5.94. The molecule has 0 unspecified atom stereocenters. The lowest BCUT2D eigenvalue weighted by molar-refractivity contribution is -0.137. The van der Waals surface area contributed by atoms with Crippen molar-refractivity contribution in [2.24, 2.45) is 0 Å². The average molecular weight is 294 g/mol. The minimum Gasteiger partial charge on any atom is -0.504 e. The number of aromatic nitrogens is 2. The zero-order valence-corrected chi connectivity index (χ0v) is 10.4. The molecule has 0 bridgehead atoms. The Morgan fingerprint density at radius 3 is 2.38 bits per heavy atom. The van der Waals surface area contributed by atoms with Crippen LogP contribution in [0.5, 0.6) is 11.5 Å². The largest absolute Gasteiger partial charge is 0.504 e. The molecule has 0 fully saturated rings. The molecule has 0 saturated heterocycles. The van der Waals surface area contributed by atoms with Crippen molar-refractivity contribution in [2.45, 2.75) is 6.18 Å². The first-order chi connectivity index (χ1) is 9.86. The molecule has 0 atom stereocenters. The van der Waals surface area contributed by atoms with E-state index in [-0.39, 0.29) is 17.0 Å². The van der Waals surface area contributed by atoms with Crippen LogP contribution in [0.15, 0.2) is 36.4 Å². The number of hydrogen-bond acceptors (Lipinski definition) is 3. The van der Waals surface area contributed by atoms with Crippen molar-refractivity contribution in [1.29, 1.82) is 0 Å². The van der Waals surface area contributed by atoms with E-state index in [1.54, 1.807) is 0 Å². The van der Waals surface area contributed by atoms with Crippen molar-refractivity contribution in [2.75, 3.05) is 0 Å². The summed E-state index contributed by atoms with van der Waals surface area (Å²) in [5.74, 6) is -0.603. The number of rotatable bonds is 1. The van der Waals surface area contributed by atoms with Gasteiger partial charge in [0.1, 0.15) is 5.69 Å². The highest BCUT2D eigenvalue weighted by atomic mass is 19.4. The third-order valence-electron chi connectivity index (χ3n) is 3.14. The third-order valence-corrected chi connectivity index (χ3v) is 3.14. The smallest absolute Gasteiger partial charge is 0.416 e. The second kappa shape index (κ2) is 4.41. The Morgan fingerprint density at radius 2 is 1.71 bits per heavy atom. The Bertz CT molecular complexity index is 825. The molecule has 3 N–H and O–H groups in total. The van der Waals surface area contributed by atoms with Crippen molar-refractivity contribution >= 4 is 10.9 Å². The molecule has 108 valence electrons. The number of phenols is 2. The number of aromatic hydroxyl groups is 2. The maximum atomic E-state index is 12.6. The van der Waals surface area contributed by atoms with Crippen LogP contribution in [-0.4, -0.2) is 20.4 Å². The first-order valence-electron chi connectivity index (χ1n) is 5.94. The van der Waals surface area contributed by atoms with Crippen molar-refractivity contribution in [3.63, 3.8) is 0 Å². The number of benzene rings is 2. The molecule has 1 aromatic heterocycles. The maximum absolute atomic E-state index is 12.6. The fraction of sp³-hybridized carbons (Fsp3) is 0.0714. The first kappa shape index (κ1) is 13.3. The molecule has 0 aliphatic rings. The molecular formula is C14H9F3N2O2. The van der Waals surface area contributed by atoms with Crippen LogP contribution in [-0.2, 0) is 6.18 Å². The van der Waals surface area contributed by atoms with E-state index in [4.69, 9.17) is 0 Å². The Labute approximate surface area is 116 Å². The van der Waals surface area contributed by atoms with E-state index in [9.17, 15) is 23.4 Å². The van der Waals surface area contributed by atoms with E-state index >= 15 is 0 Å². The second-order valence-electron chi connectivity index (χ2n) is 4.53. The minimum absolute atomic E-state index is 0.243. The second-order valence-corrected chi connectivity index (χ2v) is 4.53. The molecule has 0 radical (unpaired) electrons. The summed E-state index contributed by atoms with van der Waals surface area (Å²) in [5.41, 5.74) is 0.358. The Morgan fingerprint density at radius 1 is 0.952 bits per heavy atom. The number of H-pyrrole nitrogens is 1. The molecule has 7 heteroatoms. The van der Waals surface area contributed by atoms with Gasteiger partial charge in [0.15, 0.2) is 11.5 Å². The summed E-state index contributed by atoms with van der Waals surface area (Å²) in [6.07, 6.45) is -4.42. The maximum Gasteiger partial charge on any atom is 0.416 e. The van der Waals surface area contributed by atoms with Crippen LogP contribution in [0.4, 0.5) is 13.2 Å². The van der Waals surface area contributed by atoms with Crippen molar-refractivity contribution in [3.05, 3.63) is 42.0 Å². The minimum atomic E-state index is -4.42. The van der Waals surface area contributed by atoms with E-state index in [1.165, 1.54) is 24.3 Å². The van der Waals surface area contributed by atoms with Crippen LogP contribution >= 0.6 is 0 Å². The predicted molar refractivity (Wildman–Crippen MR) is 69.9 cm³/mol. The molecule has 0 aliphatic carbocycles. The SMILES string of the molecule is Oc1ccc(-c2n[nH]c3cc(C(F)(F)F)ccc23)cc1O.